The fourth-order valence-electron chi connectivity index (χ4n) is 3.39. The highest BCUT2D eigenvalue weighted by Crippen LogP contribution is 2.13. The van der Waals surface area contributed by atoms with Crippen molar-refractivity contribution in [2.75, 3.05) is 19.8 Å². The molecule has 0 amide bonds. The molecular formula is C26H52AlO5. The van der Waals surface area contributed by atoms with Crippen LogP contribution in [0.15, 0.2) is 11.8 Å². The lowest BCUT2D eigenvalue weighted by Crippen LogP contribution is -2.28. The molecule has 0 saturated heterocycles. The molecule has 0 aromatic carbocycles. The van der Waals surface area contributed by atoms with E-state index in [4.69, 9.17) is 16.1 Å². The molecule has 0 fully saturated rings. The molecule has 0 atom stereocenters. The standard InChI is InChI=1S/2C10H21O.C6H10O3.Al/c2*1-10(2)8-6-4-3-5-7-9-11;1-3-9-6(8)4-5(2)7;/h2*10H,3-9H2,1-2H3;4,7H,3H2,1-2H3;/q2*-1;;+2/b;;5-4-;. The van der Waals surface area contributed by atoms with Gasteiger partial charge in [-0.2, -0.15) is 0 Å². The van der Waals surface area contributed by atoms with Crippen LogP contribution in [-0.2, 0) is 16.1 Å². The molecule has 0 unspecified atom stereocenters. The van der Waals surface area contributed by atoms with E-state index in [-0.39, 0.29) is 5.97 Å². The molecule has 0 aliphatic heterocycles. The molecule has 0 aliphatic carbocycles. The van der Waals surface area contributed by atoms with Crippen LogP contribution in [0, 0.1) is 11.8 Å². The van der Waals surface area contributed by atoms with E-state index >= 15 is 0 Å². The van der Waals surface area contributed by atoms with Crippen molar-refractivity contribution >= 4 is 21.1 Å². The van der Waals surface area contributed by atoms with Gasteiger partial charge in [0.05, 0.1) is 0 Å². The van der Waals surface area contributed by atoms with Crippen LogP contribution in [0.3, 0.4) is 0 Å². The summed E-state index contributed by atoms with van der Waals surface area (Å²) in [6.45, 7) is 14.5. The molecule has 0 saturated carbocycles. The van der Waals surface area contributed by atoms with E-state index in [2.05, 4.69) is 27.7 Å². The summed E-state index contributed by atoms with van der Waals surface area (Å²) < 4.78 is 23.0. The van der Waals surface area contributed by atoms with E-state index in [1.54, 1.807) is 6.92 Å². The topological polar surface area (TPSA) is 58.3 Å². The fraction of sp³-hybridized carbons (Fsp3) is 0.885. The minimum Gasteiger partial charge on any atom is -0.777 e. The number of hydrogen-bond donors (Lipinski definition) is 0. The van der Waals surface area contributed by atoms with Gasteiger partial charge in [-0.1, -0.05) is 91.9 Å². The van der Waals surface area contributed by atoms with Gasteiger partial charge >= 0.3 is 21.1 Å². The van der Waals surface area contributed by atoms with E-state index in [1.807, 2.05) is 6.92 Å². The van der Waals surface area contributed by atoms with Crippen LogP contribution >= 0.6 is 0 Å². The van der Waals surface area contributed by atoms with Crippen molar-refractivity contribution in [3.05, 3.63) is 11.8 Å². The number of unbranched alkanes of at least 4 members (excludes halogenated alkanes) is 8. The lowest BCUT2D eigenvalue weighted by molar-refractivity contribution is 0.113. The Morgan fingerprint density at radius 2 is 1.19 bits per heavy atom. The molecule has 32 heavy (non-hydrogen) atoms. The summed E-state index contributed by atoms with van der Waals surface area (Å²) in [6.07, 6.45) is 16.3. The highest BCUT2D eigenvalue weighted by Gasteiger charge is 2.14. The molecule has 0 aromatic rings. The Morgan fingerprint density at radius 3 is 1.62 bits per heavy atom. The third-order valence-corrected chi connectivity index (χ3v) is 6.84. The summed E-state index contributed by atoms with van der Waals surface area (Å²) in [5.74, 6) is 2.03. The zero-order valence-electron chi connectivity index (χ0n) is 22.0. The van der Waals surface area contributed by atoms with Crippen LogP contribution in [0.5, 0.6) is 0 Å². The number of hydrogen-bond acceptors (Lipinski definition) is 4. The van der Waals surface area contributed by atoms with Gasteiger partial charge < -0.3 is 20.9 Å². The average Bonchev–Trinajstić information content (AvgIpc) is 2.71. The largest absolute Gasteiger partial charge is 0.777 e. The second kappa shape index (κ2) is 22.3. The summed E-state index contributed by atoms with van der Waals surface area (Å²) in [6, 6.07) is 0. The fourth-order valence-corrected chi connectivity index (χ4v) is 4.72. The van der Waals surface area contributed by atoms with Crippen molar-refractivity contribution in [3.63, 3.8) is 0 Å². The normalized spacial score (nSPS) is 12.2. The summed E-state index contributed by atoms with van der Waals surface area (Å²) in [5, 5.41) is 0. The molecule has 189 valence electrons. The number of ether oxygens (including phenoxy) is 1. The first-order valence-electron chi connectivity index (χ1n) is 13.1. The molecule has 0 spiro atoms. The van der Waals surface area contributed by atoms with E-state index in [9.17, 15) is 4.79 Å². The molecule has 1 radical (unpaired) electrons. The van der Waals surface area contributed by atoms with Crippen LogP contribution < -0.4 is 0 Å². The van der Waals surface area contributed by atoms with Crippen molar-refractivity contribution < 1.29 is 20.9 Å². The Bertz CT molecular complexity index is 441. The van der Waals surface area contributed by atoms with Gasteiger partial charge in [0.1, 0.15) is 6.08 Å². The van der Waals surface area contributed by atoms with Crippen LogP contribution in [0.4, 0.5) is 0 Å². The van der Waals surface area contributed by atoms with E-state index in [0.29, 0.717) is 25.6 Å². The third-order valence-electron chi connectivity index (χ3n) is 5.26. The van der Waals surface area contributed by atoms with Gasteiger partial charge in [-0.05, 0) is 51.7 Å². The minimum atomic E-state index is -2.28. The van der Waals surface area contributed by atoms with Crippen LogP contribution in [0.1, 0.15) is 119 Å². The maximum absolute atomic E-state index is 9.71. The van der Waals surface area contributed by atoms with Gasteiger partial charge in [0.25, 0.3) is 0 Å². The van der Waals surface area contributed by atoms with Crippen LogP contribution in [-0.4, -0.2) is 45.7 Å². The second-order valence-electron chi connectivity index (χ2n) is 9.57. The Hall–Kier alpha value is -0.538. The van der Waals surface area contributed by atoms with Gasteiger partial charge in [0, 0.05) is 5.76 Å². The maximum Gasteiger partial charge on any atom is 0.653 e. The minimum absolute atomic E-state index is 0.138. The Morgan fingerprint density at radius 1 is 0.750 bits per heavy atom. The SMILES string of the molecule is CCOC(=[OH+])/C=C(/C)[O][Al-]([O]CCCCCCCC(C)C)[O]CCCCCCCC(C)C. The zero-order chi connectivity index (χ0) is 24.0. The summed E-state index contributed by atoms with van der Waals surface area (Å²) in [5.41, 5.74) is 0. The van der Waals surface area contributed by atoms with E-state index in [0.717, 1.165) is 24.7 Å². The number of esters is 1. The molecule has 0 bridgehead atoms. The first-order chi connectivity index (χ1) is 15.3. The predicted octanol–water partition coefficient (Wildman–Crippen LogP) is 7.46. The maximum atomic E-state index is 9.71. The van der Waals surface area contributed by atoms with Gasteiger partial charge in [0.2, 0.25) is 0 Å². The molecule has 0 aliphatic rings. The second-order valence-corrected chi connectivity index (χ2v) is 11.1. The van der Waals surface area contributed by atoms with Gasteiger partial charge in [-0.3, -0.25) is 0 Å². The van der Waals surface area contributed by atoms with Crippen LogP contribution in [0.2, 0.25) is 0 Å². The number of rotatable bonds is 22. The van der Waals surface area contributed by atoms with Crippen molar-refractivity contribution in [2.45, 2.75) is 119 Å². The van der Waals surface area contributed by atoms with Gasteiger partial charge in [0.15, 0.2) is 6.61 Å². The quantitative estimate of drug-likeness (QED) is 0.0411. The molecule has 5 nitrogen and oxygen atoms in total. The first-order valence-corrected chi connectivity index (χ1v) is 14.5. The highest BCUT2D eigenvalue weighted by atomic mass is 27.3. The summed E-state index contributed by atoms with van der Waals surface area (Å²) in [4.78, 5) is 9.71. The Kier molecular flexibility index (Phi) is 21.9. The molecule has 0 heterocycles. The van der Waals surface area contributed by atoms with Gasteiger partial charge in [-0.15, -0.1) is 0 Å². The van der Waals surface area contributed by atoms with Gasteiger partial charge in [-0.25, -0.2) is 0 Å². The Balaban J connectivity index is 4.18. The predicted molar refractivity (Wildman–Crippen MR) is 136 cm³/mol. The monoisotopic (exact) mass is 471 g/mol. The van der Waals surface area contributed by atoms with E-state index < -0.39 is 15.1 Å². The summed E-state index contributed by atoms with van der Waals surface area (Å²) in [7, 11) is 0. The molecule has 0 aromatic heterocycles. The third kappa shape index (κ3) is 22.6. The Labute approximate surface area is 204 Å². The van der Waals surface area contributed by atoms with E-state index in [1.165, 1.54) is 70.3 Å². The lowest BCUT2D eigenvalue weighted by Gasteiger charge is -2.30. The van der Waals surface area contributed by atoms with Crippen molar-refractivity contribution in [1.82, 2.24) is 0 Å². The zero-order valence-corrected chi connectivity index (χ0v) is 23.2. The number of allylic oxidation sites excluding steroid dienone is 1. The number of carbonyl (C=O) groups excluding carboxylic acids is 1. The van der Waals surface area contributed by atoms with Crippen molar-refractivity contribution in [1.29, 1.82) is 0 Å². The summed E-state index contributed by atoms with van der Waals surface area (Å²) >= 11 is -2.28. The lowest BCUT2D eigenvalue weighted by atomic mass is 10.0. The van der Waals surface area contributed by atoms with Crippen molar-refractivity contribution in [2.24, 2.45) is 11.8 Å². The average molecular weight is 472 g/mol. The highest BCUT2D eigenvalue weighted by molar-refractivity contribution is 6.36. The molecule has 0 rings (SSSR count). The smallest absolute Gasteiger partial charge is 0.653 e. The van der Waals surface area contributed by atoms with Crippen LogP contribution in [0.25, 0.3) is 0 Å². The molecule has 6 heteroatoms. The molecule has 1 N–H and O–H groups in total. The molecular weight excluding hydrogens is 419 g/mol. The van der Waals surface area contributed by atoms with Crippen molar-refractivity contribution in [3.8, 4) is 0 Å². The first kappa shape index (κ1) is 31.5.